The first-order valence-corrected chi connectivity index (χ1v) is 7.71. The van der Waals surface area contributed by atoms with E-state index in [9.17, 15) is 9.18 Å². The molecule has 3 rings (SSSR count). The minimum absolute atomic E-state index is 0.0529. The van der Waals surface area contributed by atoms with Crippen LogP contribution in [0.1, 0.15) is 28.9 Å². The quantitative estimate of drug-likeness (QED) is 0.702. The minimum atomic E-state index is -0.526. The Kier molecular flexibility index (Phi) is 4.66. The van der Waals surface area contributed by atoms with Crippen LogP contribution in [0.5, 0.6) is 0 Å². The Labute approximate surface area is 140 Å². The van der Waals surface area contributed by atoms with Crippen molar-refractivity contribution in [2.75, 3.05) is 4.90 Å². The fourth-order valence-electron chi connectivity index (χ4n) is 2.64. The number of hydrogen-bond acceptors (Lipinski definition) is 2. The Morgan fingerprint density at radius 3 is 2.38 bits per heavy atom. The number of nitrogens with zero attached hydrogens (tertiary/aromatic N) is 2. The molecule has 4 heteroatoms. The minimum Gasteiger partial charge on any atom is -0.301 e. The van der Waals surface area contributed by atoms with Gasteiger partial charge in [0.05, 0.1) is 11.6 Å². The van der Waals surface area contributed by atoms with Crippen molar-refractivity contribution in [3.63, 3.8) is 0 Å². The smallest absolute Gasteiger partial charge is 0.261 e. The van der Waals surface area contributed by atoms with E-state index in [4.69, 9.17) is 0 Å². The van der Waals surface area contributed by atoms with Crippen LogP contribution in [0.15, 0.2) is 79.1 Å². The molecule has 1 unspecified atom stereocenters. The molecule has 0 saturated heterocycles. The number of hydrogen-bond donors (Lipinski definition) is 0. The SMILES string of the molecule is CC(c1cccnc1)N(C(=O)c1ccccc1F)c1ccccc1. The van der Waals surface area contributed by atoms with Crippen LogP contribution >= 0.6 is 0 Å². The number of pyridine rings is 1. The second kappa shape index (κ2) is 7.04. The number of carbonyl (C=O) groups is 1. The van der Waals surface area contributed by atoms with Gasteiger partial charge in [-0.3, -0.25) is 9.78 Å². The van der Waals surface area contributed by atoms with Crippen LogP contribution in [0.3, 0.4) is 0 Å². The van der Waals surface area contributed by atoms with E-state index in [1.807, 2.05) is 49.4 Å². The molecule has 2 aromatic carbocycles. The second-order valence-corrected chi connectivity index (χ2v) is 5.45. The number of rotatable bonds is 4. The summed E-state index contributed by atoms with van der Waals surface area (Å²) in [6.07, 6.45) is 3.40. The summed E-state index contributed by atoms with van der Waals surface area (Å²) in [5.74, 6) is -0.905. The van der Waals surface area contributed by atoms with E-state index in [1.54, 1.807) is 29.4 Å². The molecule has 0 radical (unpaired) electrons. The van der Waals surface area contributed by atoms with Crippen LogP contribution in [-0.4, -0.2) is 10.9 Å². The Morgan fingerprint density at radius 2 is 1.71 bits per heavy atom. The lowest BCUT2D eigenvalue weighted by Crippen LogP contribution is -2.34. The fraction of sp³-hybridized carbons (Fsp3) is 0.100. The lowest BCUT2D eigenvalue weighted by atomic mass is 10.1. The van der Waals surface area contributed by atoms with Gasteiger partial charge in [-0.15, -0.1) is 0 Å². The van der Waals surface area contributed by atoms with Crippen molar-refractivity contribution in [1.82, 2.24) is 4.98 Å². The Balaban J connectivity index is 2.06. The van der Waals surface area contributed by atoms with Gasteiger partial charge in [0.2, 0.25) is 0 Å². The van der Waals surface area contributed by atoms with E-state index in [-0.39, 0.29) is 17.5 Å². The summed E-state index contributed by atoms with van der Waals surface area (Å²) in [5, 5.41) is 0. The van der Waals surface area contributed by atoms with Gasteiger partial charge in [-0.2, -0.15) is 0 Å². The van der Waals surface area contributed by atoms with E-state index in [2.05, 4.69) is 4.98 Å². The number of para-hydroxylation sites is 1. The molecule has 0 fully saturated rings. The van der Waals surface area contributed by atoms with Crippen molar-refractivity contribution in [3.8, 4) is 0 Å². The first kappa shape index (κ1) is 15.9. The topological polar surface area (TPSA) is 33.2 Å². The van der Waals surface area contributed by atoms with E-state index in [0.29, 0.717) is 5.69 Å². The summed E-state index contributed by atoms with van der Waals surface area (Å²) >= 11 is 0. The van der Waals surface area contributed by atoms with Crippen LogP contribution in [0.4, 0.5) is 10.1 Å². The zero-order valence-electron chi connectivity index (χ0n) is 13.3. The van der Waals surface area contributed by atoms with Gasteiger partial charge in [0.15, 0.2) is 0 Å². The van der Waals surface area contributed by atoms with Gasteiger partial charge in [0.25, 0.3) is 5.91 Å². The van der Waals surface area contributed by atoms with E-state index >= 15 is 0 Å². The molecule has 1 atom stereocenters. The fourth-order valence-corrected chi connectivity index (χ4v) is 2.64. The Morgan fingerprint density at radius 1 is 1.00 bits per heavy atom. The molecule has 0 N–H and O–H groups in total. The van der Waals surface area contributed by atoms with Crippen molar-refractivity contribution in [3.05, 3.63) is 96.1 Å². The van der Waals surface area contributed by atoms with Crippen LogP contribution in [0.2, 0.25) is 0 Å². The van der Waals surface area contributed by atoms with Gasteiger partial charge >= 0.3 is 0 Å². The molecule has 3 nitrogen and oxygen atoms in total. The largest absolute Gasteiger partial charge is 0.301 e. The van der Waals surface area contributed by atoms with Crippen molar-refractivity contribution < 1.29 is 9.18 Å². The predicted molar refractivity (Wildman–Crippen MR) is 92.3 cm³/mol. The normalized spacial score (nSPS) is 11.8. The highest BCUT2D eigenvalue weighted by molar-refractivity contribution is 6.06. The molecule has 0 aliphatic carbocycles. The third-order valence-corrected chi connectivity index (χ3v) is 3.91. The summed E-state index contributed by atoms with van der Waals surface area (Å²) in [6.45, 7) is 1.91. The number of aromatic nitrogens is 1. The molecule has 1 amide bonds. The number of anilines is 1. The molecule has 0 bridgehead atoms. The maximum Gasteiger partial charge on any atom is 0.261 e. The third kappa shape index (κ3) is 3.18. The van der Waals surface area contributed by atoms with E-state index < -0.39 is 5.82 Å². The summed E-state index contributed by atoms with van der Waals surface area (Å²) in [6, 6.07) is 18.7. The highest BCUT2D eigenvalue weighted by Gasteiger charge is 2.26. The zero-order valence-corrected chi connectivity index (χ0v) is 13.3. The highest BCUT2D eigenvalue weighted by Crippen LogP contribution is 2.28. The zero-order chi connectivity index (χ0) is 16.9. The number of benzene rings is 2. The van der Waals surface area contributed by atoms with Gasteiger partial charge in [-0.25, -0.2) is 4.39 Å². The first-order chi connectivity index (χ1) is 11.7. The summed E-state index contributed by atoms with van der Waals surface area (Å²) in [7, 11) is 0. The number of halogens is 1. The van der Waals surface area contributed by atoms with Crippen molar-refractivity contribution >= 4 is 11.6 Å². The van der Waals surface area contributed by atoms with Crippen molar-refractivity contribution in [2.45, 2.75) is 13.0 Å². The Hall–Kier alpha value is -3.01. The molecule has 1 aromatic heterocycles. The molecule has 1 heterocycles. The molecule has 0 saturated carbocycles. The van der Waals surface area contributed by atoms with Crippen LogP contribution in [0, 0.1) is 5.82 Å². The highest BCUT2D eigenvalue weighted by atomic mass is 19.1. The van der Waals surface area contributed by atoms with Gasteiger partial charge < -0.3 is 4.90 Å². The number of carbonyl (C=O) groups excluding carboxylic acids is 1. The maximum atomic E-state index is 14.1. The standard InChI is InChI=1S/C20H17FN2O/c1-15(16-8-7-13-22-14-16)23(17-9-3-2-4-10-17)20(24)18-11-5-6-12-19(18)21/h2-15H,1H3. The van der Waals surface area contributed by atoms with Crippen molar-refractivity contribution in [1.29, 1.82) is 0 Å². The molecule has 24 heavy (non-hydrogen) atoms. The number of amides is 1. The summed E-state index contributed by atoms with van der Waals surface area (Å²) in [4.78, 5) is 18.8. The molecule has 120 valence electrons. The second-order valence-electron chi connectivity index (χ2n) is 5.45. The first-order valence-electron chi connectivity index (χ1n) is 7.71. The van der Waals surface area contributed by atoms with E-state index in [0.717, 1.165) is 5.56 Å². The monoisotopic (exact) mass is 320 g/mol. The molecule has 0 aliphatic rings. The average Bonchev–Trinajstić information content (AvgIpc) is 2.64. The maximum absolute atomic E-state index is 14.1. The van der Waals surface area contributed by atoms with E-state index in [1.165, 1.54) is 12.1 Å². The van der Waals surface area contributed by atoms with Crippen LogP contribution < -0.4 is 4.90 Å². The molecule has 0 aliphatic heterocycles. The van der Waals surface area contributed by atoms with Crippen molar-refractivity contribution in [2.24, 2.45) is 0 Å². The van der Waals surface area contributed by atoms with Gasteiger partial charge in [-0.05, 0) is 42.8 Å². The lowest BCUT2D eigenvalue weighted by Gasteiger charge is -2.29. The van der Waals surface area contributed by atoms with Gasteiger partial charge in [0.1, 0.15) is 5.82 Å². The summed E-state index contributed by atoms with van der Waals surface area (Å²) < 4.78 is 14.1. The lowest BCUT2D eigenvalue weighted by molar-refractivity contribution is 0.0974. The van der Waals surface area contributed by atoms with Gasteiger partial charge in [0, 0.05) is 18.1 Å². The Bertz CT molecular complexity index is 821. The van der Waals surface area contributed by atoms with Crippen LogP contribution in [0.25, 0.3) is 0 Å². The molecular formula is C20H17FN2O. The summed E-state index contributed by atoms with van der Waals surface area (Å²) in [5.41, 5.74) is 1.64. The predicted octanol–water partition coefficient (Wildman–Crippen LogP) is 4.63. The van der Waals surface area contributed by atoms with Gasteiger partial charge in [-0.1, -0.05) is 36.4 Å². The molecular weight excluding hydrogens is 303 g/mol. The molecule has 3 aromatic rings. The molecule has 0 spiro atoms. The third-order valence-electron chi connectivity index (χ3n) is 3.91. The average molecular weight is 320 g/mol. The van der Waals surface area contributed by atoms with Crippen LogP contribution in [-0.2, 0) is 0 Å².